The molecule has 1 aliphatic rings. The molecule has 0 spiro atoms. The van der Waals surface area contributed by atoms with Crippen LogP contribution in [0.3, 0.4) is 0 Å². The van der Waals surface area contributed by atoms with E-state index in [1.165, 1.54) is 24.3 Å². The lowest BCUT2D eigenvalue weighted by Gasteiger charge is -2.26. The largest absolute Gasteiger partial charge is 0.396 e. The van der Waals surface area contributed by atoms with Gasteiger partial charge in [-0.05, 0) is 30.5 Å². The van der Waals surface area contributed by atoms with Gasteiger partial charge in [-0.15, -0.1) is 0 Å². The number of hydrogen-bond donors (Lipinski definition) is 2. The second kappa shape index (κ2) is 6.20. The van der Waals surface area contributed by atoms with Gasteiger partial charge >= 0.3 is 0 Å². The van der Waals surface area contributed by atoms with Crippen molar-refractivity contribution in [2.75, 3.05) is 13.2 Å². The predicted octanol–water partition coefficient (Wildman–Crippen LogP) is 1.80. The van der Waals surface area contributed by atoms with Crippen LogP contribution in [-0.2, 0) is 15.8 Å². The number of benzene rings is 1. The van der Waals surface area contributed by atoms with E-state index in [0.29, 0.717) is 5.56 Å². The van der Waals surface area contributed by atoms with Gasteiger partial charge in [-0.2, -0.15) is 0 Å². The smallest absolute Gasteiger partial charge is 0.215 e. The van der Waals surface area contributed by atoms with Crippen LogP contribution in [0.1, 0.15) is 31.2 Å². The maximum atomic E-state index is 12.8. The SMILES string of the molecule is O=S(=O)(Cc1ccc(F)cc1)NCC1(CO)CCCC1. The Morgan fingerprint density at radius 1 is 1.20 bits per heavy atom. The number of sulfonamides is 1. The molecular formula is C14H20FNO3S. The van der Waals surface area contributed by atoms with Crippen molar-refractivity contribution in [3.8, 4) is 0 Å². The highest BCUT2D eigenvalue weighted by Crippen LogP contribution is 2.37. The van der Waals surface area contributed by atoms with Gasteiger partial charge in [0.05, 0.1) is 5.75 Å². The first-order chi connectivity index (χ1) is 9.45. The number of hydrogen-bond acceptors (Lipinski definition) is 3. The first kappa shape index (κ1) is 15.4. The van der Waals surface area contributed by atoms with E-state index in [0.717, 1.165) is 25.7 Å². The van der Waals surface area contributed by atoms with Crippen molar-refractivity contribution in [2.24, 2.45) is 5.41 Å². The fourth-order valence-electron chi connectivity index (χ4n) is 2.63. The Kier molecular flexibility index (Phi) is 4.78. The molecule has 1 aliphatic carbocycles. The molecule has 0 heterocycles. The molecule has 0 aliphatic heterocycles. The molecule has 0 radical (unpaired) electrons. The molecule has 1 aromatic rings. The molecule has 4 nitrogen and oxygen atoms in total. The zero-order valence-electron chi connectivity index (χ0n) is 11.3. The highest BCUT2D eigenvalue weighted by molar-refractivity contribution is 7.88. The molecule has 0 bridgehead atoms. The molecule has 20 heavy (non-hydrogen) atoms. The molecule has 1 aromatic carbocycles. The van der Waals surface area contributed by atoms with E-state index in [1.54, 1.807) is 0 Å². The third kappa shape index (κ3) is 4.01. The van der Waals surface area contributed by atoms with Crippen molar-refractivity contribution in [3.05, 3.63) is 35.6 Å². The average molecular weight is 301 g/mol. The zero-order valence-corrected chi connectivity index (χ0v) is 12.1. The van der Waals surface area contributed by atoms with Gasteiger partial charge in [-0.3, -0.25) is 0 Å². The summed E-state index contributed by atoms with van der Waals surface area (Å²) in [6.45, 7) is 0.277. The van der Waals surface area contributed by atoms with Crippen LogP contribution in [0.2, 0.25) is 0 Å². The number of aliphatic hydroxyl groups is 1. The van der Waals surface area contributed by atoms with Crippen molar-refractivity contribution in [1.82, 2.24) is 4.72 Å². The summed E-state index contributed by atoms with van der Waals surface area (Å²) < 4.78 is 39.4. The molecule has 2 rings (SSSR count). The van der Waals surface area contributed by atoms with Gasteiger partial charge in [0, 0.05) is 18.6 Å². The van der Waals surface area contributed by atoms with Crippen LogP contribution in [-0.4, -0.2) is 26.7 Å². The van der Waals surface area contributed by atoms with Crippen LogP contribution in [0.25, 0.3) is 0 Å². The maximum absolute atomic E-state index is 12.8. The highest BCUT2D eigenvalue weighted by atomic mass is 32.2. The molecule has 112 valence electrons. The van der Waals surface area contributed by atoms with Gasteiger partial charge in [-0.25, -0.2) is 17.5 Å². The summed E-state index contributed by atoms with van der Waals surface area (Å²) in [5, 5.41) is 9.46. The molecule has 0 amide bonds. The number of rotatable bonds is 6. The normalized spacial score (nSPS) is 18.3. The van der Waals surface area contributed by atoms with Crippen LogP contribution in [0, 0.1) is 11.2 Å². The lowest BCUT2D eigenvalue weighted by molar-refractivity contribution is 0.134. The van der Waals surface area contributed by atoms with Crippen molar-refractivity contribution in [3.63, 3.8) is 0 Å². The van der Waals surface area contributed by atoms with E-state index < -0.39 is 10.0 Å². The topological polar surface area (TPSA) is 66.4 Å². The molecule has 1 fully saturated rings. The fourth-order valence-corrected chi connectivity index (χ4v) is 3.89. The quantitative estimate of drug-likeness (QED) is 0.842. The van der Waals surface area contributed by atoms with Gasteiger partial charge in [0.2, 0.25) is 10.0 Å². The van der Waals surface area contributed by atoms with Crippen molar-refractivity contribution in [1.29, 1.82) is 0 Å². The van der Waals surface area contributed by atoms with Crippen molar-refractivity contribution in [2.45, 2.75) is 31.4 Å². The van der Waals surface area contributed by atoms with Gasteiger partial charge in [0.25, 0.3) is 0 Å². The van der Waals surface area contributed by atoms with Gasteiger partial charge in [0.1, 0.15) is 5.82 Å². The fraction of sp³-hybridized carbons (Fsp3) is 0.571. The van der Waals surface area contributed by atoms with Gasteiger partial charge in [0.15, 0.2) is 0 Å². The molecule has 0 saturated heterocycles. The standard InChI is InChI=1S/C14H20FNO3S/c15-13-5-3-12(4-6-13)9-20(18,19)16-10-14(11-17)7-1-2-8-14/h3-6,16-17H,1-2,7-11H2. The Balaban J connectivity index is 1.95. The first-order valence-electron chi connectivity index (χ1n) is 6.77. The van der Waals surface area contributed by atoms with E-state index in [1.807, 2.05) is 0 Å². The average Bonchev–Trinajstić information content (AvgIpc) is 2.89. The molecule has 6 heteroatoms. The molecule has 0 atom stereocenters. The van der Waals surface area contributed by atoms with Crippen LogP contribution in [0.15, 0.2) is 24.3 Å². The molecule has 1 saturated carbocycles. The summed E-state index contributed by atoms with van der Waals surface area (Å²) in [6.07, 6.45) is 3.76. The molecule has 0 unspecified atom stereocenters. The molecular weight excluding hydrogens is 281 g/mol. The van der Waals surface area contributed by atoms with Gasteiger partial charge in [-0.1, -0.05) is 25.0 Å². The summed E-state index contributed by atoms with van der Waals surface area (Å²) in [5.74, 6) is -0.557. The van der Waals surface area contributed by atoms with Crippen LogP contribution < -0.4 is 4.72 Å². The number of nitrogens with one attached hydrogen (secondary N) is 1. The summed E-state index contributed by atoms with van der Waals surface area (Å²) >= 11 is 0. The Bertz CT molecular complexity index is 536. The van der Waals surface area contributed by atoms with E-state index in [-0.39, 0.29) is 30.1 Å². The Morgan fingerprint density at radius 3 is 2.35 bits per heavy atom. The second-order valence-corrected chi connectivity index (χ2v) is 7.38. The summed E-state index contributed by atoms with van der Waals surface area (Å²) in [6, 6.07) is 5.42. The Hall–Kier alpha value is -0.980. The van der Waals surface area contributed by atoms with Gasteiger partial charge < -0.3 is 5.11 Å². The number of aliphatic hydroxyl groups excluding tert-OH is 1. The monoisotopic (exact) mass is 301 g/mol. The summed E-state index contributed by atoms with van der Waals surface area (Å²) in [4.78, 5) is 0. The third-order valence-electron chi connectivity index (χ3n) is 3.94. The molecule has 2 N–H and O–H groups in total. The first-order valence-corrected chi connectivity index (χ1v) is 8.43. The lowest BCUT2D eigenvalue weighted by Crippen LogP contribution is -2.38. The third-order valence-corrected chi connectivity index (χ3v) is 5.23. The van der Waals surface area contributed by atoms with E-state index in [9.17, 15) is 17.9 Å². The number of halogens is 1. The maximum Gasteiger partial charge on any atom is 0.215 e. The molecule has 0 aromatic heterocycles. The lowest BCUT2D eigenvalue weighted by atomic mass is 9.88. The van der Waals surface area contributed by atoms with Crippen LogP contribution in [0.5, 0.6) is 0 Å². The van der Waals surface area contributed by atoms with Crippen LogP contribution >= 0.6 is 0 Å². The zero-order chi connectivity index (χ0) is 14.6. The summed E-state index contributed by atoms with van der Waals surface area (Å²) in [7, 11) is -3.47. The van der Waals surface area contributed by atoms with Crippen molar-refractivity contribution < 1.29 is 17.9 Å². The predicted molar refractivity (Wildman–Crippen MR) is 75.0 cm³/mol. The van der Waals surface area contributed by atoms with E-state index in [2.05, 4.69) is 4.72 Å². The second-order valence-electron chi connectivity index (χ2n) is 5.57. The van der Waals surface area contributed by atoms with Crippen molar-refractivity contribution >= 4 is 10.0 Å². The van der Waals surface area contributed by atoms with E-state index >= 15 is 0 Å². The Labute approximate surface area is 119 Å². The minimum absolute atomic E-state index is 0.00602. The summed E-state index contributed by atoms with van der Waals surface area (Å²) in [5.41, 5.74) is 0.235. The van der Waals surface area contributed by atoms with E-state index in [4.69, 9.17) is 0 Å². The highest BCUT2D eigenvalue weighted by Gasteiger charge is 2.34. The minimum atomic E-state index is -3.47. The Morgan fingerprint density at radius 2 is 1.80 bits per heavy atom. The minimum Gasteiger partial charge on any atom is -0.396 e. The van der Waals surface area contributed by atoms with Crippen LogP contribution in [0.4, 0.5) is 4.39 Å².